The number of nitrogens with one attached hydrogen (secondary N) is 1. The molecule has 1 aliphatic heterocycles. The molecule has 0 aliphatic carbocycles. The fourth-order valence-electron chi connectivity index (χ4n) is 2.99. The predicted molar refractivity (Wildman–Crippen MR) is 84.0 cm³/mol. The van der Waals surface area contributed by atoms with Gasteiger partial charge in [0.1, 0.15) is 0 Å². The topological polar surface area (TPSA) is 24.5 Å². The lowest BCUT2D eigenvalue weighted by atomic mass is 9.97. The Bertz CT molecular complexity index is 404. The average molecular weight is 276 g/mol. The molecule has 1 fully saturated rings. The first-order chi connectivity index (χ1) is 9.61. The summed E-state index contributed by atoms with van der Waals surface area (Å²) in [6.07, 6.45) is 0.339. The third-order valence-electron chi connectivity index (χ3n) is 4.19. The first-order valence-corrected chi connectivity index (χ1v) is 7.77. The Morgan fingerprint density at radius 3 is 2.65 bits per heavy atom. The van der Waals surface area contributed by atoms with E-state index in [1.807, 2.05) is 0 Å². The lowest BCUT2D eigenvalue weighted by Gasteiger charge is -2.39. The summed E-state index contributed by atoms with van der Waals surface area (Å²) in [6.45, 7) is 12.7. The molecule has 1 N–H and O–H groups in total. The maximum Gasteiger partial charge on any atom is 0.0674 e. The molecule has 1 aromatic carbocycles. The van der Waals surface area contributed by atoms with Gasteiger partial charge in [-0.3, -0.25) is 4.90 Å². The summed E-state index contributed by atoms with van der Waals surface area (Å²) in [5.74, 6) is 0. The van der Waals surface area contributed by atoms with Crippen LogP contribution in [-0.4, -0.2) is 43.3 Å². The van der Waals surface area contributed by atoms with Crippen LogP contribution in [0.3, 0.4) is 0 Å². The molecule has 1 aliphatic rings. The van der Waals surface area contributed by atoms with Crippen molar-refractivity contribution in [2.24, 2.45) is 0 Å². The molecular weight excluding hydrogens is 248 g/mol. The van der Waals surface area contributed by atoms with E-state index in [0.717, 1.165) is 26.2 Å². The molecule has 0 saturated carbocycles. The van der Waals surface area contributed by atoms with E-state index in [0.29, 0.717) is 18.2 Å². The van der Waals surface area contributed by atoms with Crippen LogP contribution < -0.4 is 5.32 Å². The van der Waals surface area contributed by atoms with Crippen molar-refractivity contribution in [2.45, 2.75) is 45.9 Å². The van der Waals surface area contributed by atoms with Crippen molar-refractivity contribution in [1.82, 2.24) is 10.2 Å². The van der Waals surface area contributed by atoms with Gasteiger partial charge in [0.05, 0.1) is 12.7 Å². The van der Waals surface area contributed by atoms with Gasteiger partial charge in [-0.05, 0) is 32.9 Å². The van der Waals surface area contributed by atoms with E-state index in [4.69, 9.17) is 4.74 Å². The zero-order valence-corrected chi connectivity index (χ0v) is 13.2. The largest absolute Gasteiger partial charge is 0.376 e. The highest BCUT2D eigenvalue weighted by Gasteiger charge is 2.27. The van der Waals surface area contributed by atoms with Crippen LogP contribution in [0, 0.1) is 6.92 Å². The van der Waals surface area contributed by atoms with Gasteiger partial charge in [-0.2, -0.15) is 0 Å². The minimum atomic E-state index is 0.339. The lowest BCUT2D eigenvalue weighted by molar-refractivity contribution is -0.0368. The molecule has 0 radical (unpaired) electrons. The van der Waals surface area contributed by atoms with Gasteiger partial charge in [0.2, 0.25) is 0 Å². The van der Waals surface area contributed by atoms with Crippen LogP contribution in [-0.2, 0) is 4.74 Å². The second-order valence-electron chi connectivity index (χ2n) is 5.86. The van der Waals surface area contributed by atoms with Gasteiger partial charge in [0, 0.05) is 25.2 Å². The van der Waals surface area contributed by atoms with Crippen molar-refractivity contribution in [2.75, 3.05) is 26.2 Å². The molecule has 3 nitrogen and oxygen atoms in total. The zero-order valence-electron chi connectivity index (χ0n) is 13.2. The molecule has 20 heavy (non-hydrogen) atoms. The van der Waals surface area contributed by atoms with Gasteiger partial charge in [-0.25, -0.2) is 0 Å². The van der Waals surface area contributed by atoms with Crippen LogP contribution in [0.4, 0.5) is 0 Å². The van der Waals surface area contributed by atoms with E-state index in [9.17, 15) is 0 Å². The van der Waals surface area contributed by atoms with Crippen LogP contribution in [0.15, 0.2) is 24.3 Å². The van der Waals surface area contributed by atoms with Gasteiger partial charge in [-0.15, -0.1) is 0 Å². The van der Waals surface area contributed by atoms with Crippen molar-refractivity contribution in [3.63, 3.8) is 0 Å². The number of aryl methyl sites for hydroxylation is 1. The van der Waals surface area contributed by atoms with Crippen molar-refractivity contribution < 1.29 is 4.74 Å². The maximum absolute atomic E-state index is 5.66. The SMILES string of the molecule is CCNC(c1ccc(C)cc1)C(C)N1CCOC(C)C1. The fraction of sp³-hybridized carbons (Fsp3) is 0.647. The number of benzene rings is 1. The molecule has 1 saturated heterocycles. The van der Waals surface area contributed by atoms with Crippen LogP contribution in [0.5, 0.6) is 0 Å². The molecule has 1 heterocycles. The minimum Gasteiger partial charge on any atom is -0.376 e. The van der Waals surface area contributed by atoms with E-state index in [1.54, 1.807) is 0 Å². The molecule has 0 bridgehead atoms. The number of ether oxygens (including phenoxy) is 1. The standard InChI is InChI=1S/C17H28N2O/c1-5-18-17(16-8-6-13(2)7-9-16)15(4)19-10-11-20-14(3)12-19/h6-9,14-15,17-18H,5,10-12H2,1-4H3. The Balaban J connectivity index is 2.12. The normalized spacial score (nSPS) is 23.5. The third kappa shape index (κ3) is 3.81. The lowest BCUT2D eigenvalue weighted by Crippen LogP contribution is -2.50. The number of likely N-dealkylation sites (N-methyl/N-ethyl adjacent to an activating group) is 1. The van der Waals surface area contributed by atoms with Crippen LogP contribution in [0.2, 0.25) is 0 Å². The van der Waals surface area contributed by atoms with Gasteiger partial charge in [0.25, 0.3) is 0 Å². The molecule has 3 heteroatoms. The molecule has 0 aromatic heterocycles. The Morgan fingerprint density at radius 1 is 1.35 bits per heavy atom. The highest BCUT2D eigenvalue weighted by Crippen LogP contribution is 2.23. The summed E-state index contributed by atoms with van der Waals surface area (Å²) < 4.78 is 5.66. The van der Waals surface area contributed by atoms with Crippen molar-refractivity contribution in [3.05, 3.63) is 35.4 Å². The fourth-order valence-corrected chi connectivity index (χ4v) is 2.99. The highest BCUT2D eigenvalue weighted by molar-refractivity contribution is 5.25. The number of rotatable bonds is 5. The Hall–Kier alpha value is -0.900. The van der Waals surface area contributed by atoms with Gasteiger partial charge < -0.3 is 10.1 Å². The first-order valence-electron chi connectivity index (χ1n) is 7.77. The van der Waals surface area contributed by atoms with E-state index in [1.165, 1.54) is 11.1 Å². The summed E-state index contributed by atoms with van der Waals surface area (Å²) in [4.78, 5) is 2.54. The number of hydrogen-bond acceptors (Lipinski definition) is 3. The van der Waals surface area contributed by atoms with Crippen LogP contribution >= 0.6 is 0 Å². The molecule has 0 amide bonds. The molecule has 3 unspecified atom stereocenters. The molecule has 2 rings (SSSR count). The second kappa shape index (κ2) is 7.21. The van der Waals surface area contributed by atoms with Crippen molar-refractivity contribution >= 4 is 0 Å². The monoisotopic (exact) mass is 276 g/mol. The molecule has 3 atom stereocenters. The zero-order chi connectivity index (χ0) is 14.5. The summed E-state index contributed by atoms with van der Waals surface area (Å²) in [5.41, 5.74) is 2.70. The molecule has 1 aromatic rings. The Kier molecular flexibility index (Phi) is 5.58. The summed E-state index contributed by atoms with van der Waals surface area (Å²) in [6, 6.07) is 9.77. The summed E-state index contributed by atoms with van der Waals surface area (Å²) >= 11 is 0. The average Bonchev–Trinajstić information content (AvgIpc) is 2.45. The van der Waals surface area contributed by atoms with Gasteiger partial charge >= 0.3 is 0 Å². The van der Waals surface area contributed by atoms with Crippen LogP contribution in [0.25, 0.3) is 0 Å². The smallest absolute Gasteiger partial charge is 0.0674 e. The molecular formula is C17H28N2O. The van der Waals surface area contributed by atoms with Gasteiger partial charge in [0.15, 0.2) is 0 Å². The molecule has 112 valence electrons. The van der Waals surface area contributed by atoms with Gasteiger partial charge in [-0.1, -0.05) is 36.8 Å². The Labute approximate surface area is 123 Å². The molecule has 0 spiro atoms. The van der Waals surface area contributed by atoms with E-state index >= 15 is 0 Å². The Morgan fingerprint density at radius 2 is 2.05 bits per heavy atom. The minimum absolute atomic E-state index is 0.339. The van der Waals surface area contributed by atoms with E-state index in [2.05, 4.69) is 62.2 Å². The van der Waals surface area contributed by atoms with Crippen molar-refractivity contribution in [3.8, 4) is 0 Å². The van der Waals surface area contributed by atoms with Crippen molar-refractivity contribution in [1.29, 1.82) is 0 Å². The van der Waals surface area contributed by atoms with Crippen LogP contribution in [0.1, 0.15) is 37.9 Å². The van der Waals surface area contributed by atoms with E-state index < -0.39 is 0 Å². The summed E-state index contributed by atoms with van der Waals surface area (Å²) in [7, 11) is 0. The highest BCUT2D eigenvalue weighted by atomic mass is 16.5. The number of nitrogens with zero attached hydrogens (tertiary/aromatic N) is 1. The predicted octanol–water partition coefficient (Wildman–Crippen LogP) is 2.75. The van der Waals surface area contributed by atoms with E-state index in [-0.39, 0.29) is 0 Å². The summed E-state index contributed by atoms with van der Waals surface area (Å²) in [5, 5.41) is 3.65. The number of morpholine rings is 1. The first kappa shape index (κ1) is 15.5. The third-order valence-corrected chi connectivity index (χ3v) is 4.19. The number of hydrogen-bond donors (Lipinski definition) is 1. The maximum atomic E-state index is 5.66. The quantitative estimate of drug-likeness (QED) is 0.895. The second-order valence-corrected chi connectivity index (χ2v) is 5.86.